The SMILES string of the molecule is COc1ccc(NC(=O)[C@H](C)OC(=O)/C=C/c2ccccc2Br)cc1. The van der Waals surface area contributed by atoms with Crippen molar-refractivity contribution in [3.8, 4) is 5.75 Å². The Morgan fingerprint density at radius 1 is 1.12 bits per heavy atom. The van der Waals surface area contributed by atoms with E-state index in [1.807, 2.05) is 24.3 Å². The number of anilines is 1. The molecular formula is C19H18BrNO4. The molecule has 2 aromatic carbocycles. The smallest absolute Gasteiger partial charge is 0.331 e. The summed E-state index contributed by atoms with van der Waals surface area (Å²) in [5.74, 6) is -0.310. The van der Waals surface area contributed by atoms with Crippen LogP contribution in [0.3, 0.4) is 0 Å². The van der Waals surface area contributed by atoms with E-state index in [4.69, 9.17) is 9.47 Å². The Balaban J connectivity index is 1.89. The van der Waals surface area contributed by atoms with E-state index in [0.717, 1.165) is 10.0 Å². The fourth-order valence-electron chi connectivity index (χ4n) is 1.95. The molecule has 0 aliphatic heterocycles. The number of methoxy groups -OCH3 is 1. The summed E-state index contributed by atoms with van der Waals surface area (Å²) in [6, 6.07) is 14.3. The molecule has 5 nitrogen and oxygen atoms in total. The van der Waals surface area contributed by atoms with Gasteiger partial charge in [0.1, 0.15) is 5.75 Å². The van der Waals surface area contributed by atoms with Crippen LogP contribution in [0.4, 0.5) is 5.69 Å². The fourth-order valence-corrected chi connectivity index (χ4v) is 2.37. The molecule has 0 heterocycles. The van der Waals surface area contributed by atoms with Gasteiger partial charge in [-0.3, -0.25) is 4.79 Å². The van der Waals surface area contributed by atoms with Gasteiger partial charge in [-0.05, 0) is 48.9 Å². The number of benzene rings is 2. The second-order valence-corrected chi connectivity index (χ2v) is 6.01. The second-order valence-electron chi connectivity index (χ2n) is 5.15. The number of halogens is 1. The van der Waals surface area contributed by atoms with Gasteiger partial charge in [0.25, 0.3) is 5.91 Å². The highest BCUT2D eigenvalue weighted by Crippen LogP contribution is 2.17. The maximum absolute atomic E-state index is 12.1. The molecular weight excluding hydrogens is 386 g/mol. The first-order chi connectivity index (χ1) is 12.0. The van der Waals surface area contributed by atoms with Gasteiger partial charge in [0, 0.05) is 16.2 Å². The van der Waals surface area contributed by atoms with Gasteiger partial charge in [-0.2, -0.15) is 0 Å². The zero-order valence-electron chi connectivity index (χ0n) is 13.9. The molecule has 2 aromatic rings. The van der Waals surface area contributed by atoms with E-state index in [0.29, 0.717) is 11.4 Å². The number of nitrogens with one attached hydrogen (secondary N) is 1. The molecule has 25 heavy (non-hydrogen) atoms. The molecule has 0 aliphatic rings. The van der Waals surface area contributed by atoms with Crippen molar-refractivity contribution >= 4 is 39.6 Å². The predicted molar refractivity (Wildman–Crippen MR) is 100 cm³/mol. The molecule has 0 radical (unpaired) electrons. The molecule has 2 rings (SSSR count). The molecule has 130 valence electrons. The molecule has 0 saturated carbocycles. The van der Waals surface area contributed by atoms with E-state index in [1.165, 1.54) is 13.0 Å². The third kappa shape index (κ3) is 5.76. The summed E-state index contributed by atoms with van der Waals surface area (Å²) in [5, 5.41) is 2.68. The van der Waals surface area contributed by atoms with Gasteiger partial charge < -0.3 is 14.8 Å². The lowest BCUT2D eigenvalue weighted by Crippen LogP contribution is -2.29. The molecule has 1 amide bonds. The van der Waals surface area contributed by atoms with Crippen LogP contribution in [-0.4, -0.2) is 25.1 Å². The molecule has 0 spiro atoms. The molecule has 0 bridgehead atoms. The molecule has 0 fully saturated rings. The van der Waals surface area contributed by atoms with Gasteiger partial charge in [-0.1, -0.05) is 34.1 Å². The number of hydrogen-bond donors (Lipinski definition) is 1. The summed E-state index contributed by atoms with van der Waals surface area (Å²) in [7, 11) is 1.57. The van der Waals surface area contributed by atoms with E-state index in [-0.39, 0.29) is 0 Å². The van der Waals surface area contributed by atoms with Gasteiger partial charge in [-0.25, -0.2) is 4.79 Å². The van der Waals surface area contributed by atoms with E-state index in [1.54, 1.807) is 37.5 Å². The Kier molecular flexibility index (Phi) is 6.77. The predicted octanol–water partition coefficient (Wildman–Crippen LogP) is 4.04. The minimum Gasteiger partial charge on any atom is -0.497 e. The van der Waals surface area contributed by atoms with Crippen LogP contribution < -0.4 is 10.1 Å². The van der Waals surface area contributed by atoms with E-state index in [9.17, 15) is 9.59 Å². The maximum atomic E-state index is 12.1. The van der Waals surface area contributed by atoms with Gasteiger partial charge in [-0.15, -0.1) is 0 Å². The van der Waals surface area contributed by atoms with E-state index < -0.39 is 18.0 Å². The Morgan fingerprint density at radius 3 is 2.44 bits per heavy atom. The lowest BCUT2D eigenvalue weighted by atomic mass is 10.2. The van der Waals surface area contributed by atoms with Crippen molar-refractivity contribution in [2.75, 3.05) is 12.4 Å². The second kappa shape index (κ2) is 9.03. The van der Waals surface area contributed by atoms with Crippen molar-refractivity contribution in [3.05, 3.63) is 64.6 Å². The first kappa shape index (κ1) is 18.7. The number of carbonyl (C=O) groups excluding carboxylic acids is 2. The van der Waals surface area contributed by atoms with Crippen LogP contribution in [0.25, 0.3) is 6.08 Å². The average molecular weight is 404 g/mol. The Labute approximate surface area is 154 Å². The van der Waals surface area contributed by atoms with Crippen LogP contribution in [0.5, 0.6) is 5.75 Å². The van der Waals surface area contributed by atoms with Crippen LogP contribution in [-0.2, 0) is 14.3 Å². The quantitative estimate of drug-likeness (QED) is 0.583. The molecule has 1 atom stereocenters. The largest absolute Gasteiger partial charge is 0.497 e. The van der Waals surface area contributed by atoms with Crippen molar-refractivity contribution in [1.82, 2.24) is 0 Å². The fraction of sp³-hybridized carbons (Fsp3) is 0.158. The van der Waals surface area contributed by atoms with Crippen LogP contribution in [0.15, 0.2) is 59.1 Å². The van der Waals surface area contributed by atoms with Crippen LogP contribution in [0, 0.1) is 0 Å². The van der Waals surface area contributed by atoms with Gasteiger partial charge >= 0.3 is 5.97 Å². The van der Waals surface area contributed by atoms with Crippen molar-refractivity contribution in [1.29, 1.82) is 0 Å². The average Bonchev–Trinajstić information content (AvgIpc) is 2.61. The summed E-state index contributed by atoms with van der Waals surface area (Å²) < 4.78 is 11.0. The number of amides is 1. The van der Waals surface area contributed by atoms with Crippen LogP contribution in [0.2, 0.25) is 0 Å². The summed E-state index contributed by atoms with van der Waals surface area (Å²) in [6.45, 7) is 1.52. The van der Waals surface area contributed by atoms with Crippen molar-refractivity contribution in [2.24, 2.45) is 0 Å². The summed E-state index contributed by atoms with van der Waals surface area (Å²) in [5.41, 5.74) is 1.44. The Morgan fingerprint density at radius 2 is 1.80 bits per heavy atom. The third-order valence-corrected chi connectivity index (χ3v) is 4.05. The number of rotatable bonds is 6. The summed E-state index contributed by atoms with van der Waals surface area (Å²) in [6.07, 6.45) is 2.00. The molecule has 0 aliphatic carbocycles. The first-order valence-electron chi connectivity index (χ1n) is 7.57. The summed E-state index contributed by atoms with van der Waals surface area (Å²) >= 11 is 3.39. The van der Waals surface area contributed by atoms with Gasteiger partial charge in [0.15, 0.2) is 6.10 Å². The zero-order valence-corrected chi connectivity index (χ0v) is 15.4. The lowest BCUT2D eigenvalue weighted by molar-refractivity contribution is -0.148. The highest BCUT2D eigenvalue weighted by Gasteiger charge is 2.16. The first-order valence-corrected chi connectivity index (χ1v) is 8.37. The van der Waals surface area contributed by atoms with Gasteiger partial charge in [0.2, 0.25) is 0 Å². The van der Waals surface area contributed by atoms with E-state index in [2.05, 4.69) is 21.2 Å². The molecule has 6 heteroatoms. The Hall–Kier alpha value is -2.60. The molecule has 1 N–H and O–H groups in total. The van der Waals surface area contributed by atoms with Crippen molar-refractivity contribution in [2.45, 2.75) is 13.0 Å². The highest BCUT2D eigenvalue weighted by molar-refractivity contribution is 9.10. The number of ether oxygens (including phenoxy) is 2. The highest BCUT2D eigenvalue weighted by atomic mass is 79.9. The molecule has 0 unspecified atom stereocenters. The molecule has 0 aromatic heterocycles. The van der Waals surface area contributed by atoms with Gasteiger partial charge in [0.05, 0.1) is 7.11 Å². The zero-order chi connectivity index (χ0) is 18.2. The van der Waals surface area contributed by atoms with Crippen molar-refractivity contribution < 1.29 is 19.1 Å². The molecule has 0 saturated heterocycles. The lowest BCUT2D eigenvalue weighted by Gasteiger charge is -2.12. The maximum Gasteiger partial charge on any atom is 0.331 e. The third-order valence-electron chi connectivity index (χ3n) is 3.32. The topological polar surface area (TPSA) is 64.6 Å². The van der Waals surface area contributed by atoms with Crippen LogP contribution in [0.1, 0.15) is 12.5 Å². The van der Waals surface area contributed by atoms with Crippen LogP contribution >= 0.6 is 15.9 Å². The number of carbonyl (C=O) groups is 2. The van der Waals surface area contributed by atoms with Crippen molar-refractivity contribution in [3.63, 3.8) is 0 Å². The summed E-state index contributed by atoms with van der Waals surface area (Å²) in [4.78, 5) is 23.9. The minimum atomic E-state index is -0.918. The standard InChI is InChI=1S/C19H18BrNO4/c1-13(19(23)21-15-8-10-16(24-2)11-9-15)25-18(22)12-7-14-5-3-4-6-17(14)20/h3-13H,1-2H3,(H,21,23)/b12-7+/t13-/m0/s1. The van der Waals surface area contributed by atoms with E-state index >= 15 is 0 Å². The Bertz CT molecular complexity index is 771. The normalized spacial score (nSPS) is 11.8. The number of hydrogen-bond acceptors (Lipinski definition) is 4. The minimum absolute atomic E-state index is 0.409. The monoisotopic (exact) mass is 403 g/mol. The number of esters is 1.